The van der Waals surface area contributed by atoms with Crippen LogP contribution >= 0.6 is 0 Å². The lowest BCUT2D eigenvalue weighted by molar-refractivity contribution is -0.0352. The Bertz CT molecular complexity index is 791. The van der Waals surface area contributed by atoms with Crippen molar-refractivity contribution in [2.75, 3.05) is 39.9 Å². The maximum absolute atomic E-state index is 5.59. The first-order chi connectivity index (χ1) is 14.8. The Morgan fingerprint density at radius 3 is 2.67 bits per heavy atom. The summed E-state index contributed by atoms with van der Waals surface area (Å²) < 4.78 is 7.49. The first-order valence-corrected chi connectivity index (χ1v) is 11.0. The number of aliphatic imine (C=N–C) groups is 1. The van der Waals surface area contributed by atoms with Crippen LogP contribution in [-0.2, 0) is 11.3 Å². The number of hydrogen-bond acceptors (Lipinski definition) is 5. The molecule has 3 heterocycles. The average Bonchev–Trinajstić information content (AvgIpc) is 3.36. The van der Waals surface area contributed by atoms with Crippen molar-refractivity contribution in [3.63, 3.8) is 0 Å². The third kappa shape index (κ3) is 4.99. The molecule has 0 unspecified atom stereocenters. The monoisotopic (exact) mass is 411 g/mol. The van der Waals surface area contributed by atoms with Crippen LogP contribution in [0.25, 0.3) is 5.82 Å². The van der Waals surface area contributed by atoms with Gasteiger partial charge in [0.05, 0.1) is 13.2 Å². The van der Waals surface area contributed by atoms with Crippen molar-refractivity contribution < 1.29 is 4.74 Å². The van der Waals surface area contributed by atoms with E-state index in [2.05, 4.69) is 36.6 Å². The molecule has 1 saturated carbocycles. The van der Waals surface area contributed by atoms with Gasteiger partial charge in [0.1, 0.15) is 12.1 Å². The van der Waals surface area contributed by atoms with E-state index in [1.54, 1.807) is 12.5 Å². The number of pyridine rings is 1. The van der Waals surface area contributed by atoms with Crippen LogP contribution in [0.3, 0.4) is 0 Å². The molecule has 0 atom stereocenters. The normalized spacial score (nSPS) is 20.1. The van der Waals surface area contributed by atoms with Gasteiger partial charge < -0.3 is 15.4 Å². The zero-order chi connectivity index (χ0) is 20.7. The van der Waals surface area contributed by atoms with Gasteiger partial charge >= 0.3 is 0 Å². The minimum atomic E-state index is 0.216. The van der Waals surface area contributed by atoms with Gasteiger partial charge in [0, 0.05) is 57.4 Å². The van der Waals surface area contributed by atoms with Crippen LogP contribution in [0.15, 0.2) is 42.0 Å². The van der Waals surface area contributed by atoms with Crippen molar-refractivity contribution in [3.8, 4) is 5.82 Å². The molecule has 2 N–H and O–H groups in total. The third-order valence-corrected chi connectivity index (χ3v) is 6.31. The maximum Gasteiger partial charge on any atom is 0.191 e. The Balaban J connectivity index is 1.32. The van der Waals surface area contributed by atoms with Crippen molar-refractivity contribution in [3.05, 3.63) is 42.6 Å². The van der Waals surface area contributed by atoms with Gasteiger partial charge in [0.15, 0.2) is 5.96 Å². The number of rotatable bonds is 6. The van der Waals surface area contributed by atoms with E-state index in [-0.39, 0.29) is 5.54 Å². The number of imidazole rings is 1. The fourth-order valence-electron chi connectivity index (χ4n) is 4.58. The molecular weight excluding hydrogens is 378 g/mol. The Morgan fingerprint density at radius 1 is 1.17 bits per heavy atom. The highest BCUT2D eigenvalue weighted by atomic mass is 16.5. The zero-order valence-corrected chi connectivity index (χ0v) is 17.9. The highest BCUT2D eigenvalue weighted by Crippen LogP contribution is 2.33. The number of nitrogens with one attached hydrogen (secondary N) is 2. The summed E-state index contributed by atoms with van der Waals surface area (Å²) in [5.74, 6) is 1.70. The molecular formula is C22H33N7O. The van der Waals surface area contributed by atoms with Crippen molar-refractivity contribution in [2.45, 2.75) is 44.2 Å². The van der Waals surface area contributed by atoms with E-state index in [4.69, 9.17) is 4.74 Å². The molecule has 8 nitrogen and oxygen atoms in total. The fourth-order valence-corrected chi connectivity index (χ4v) is 4.58. The van der Waals surface area contributed by atoms with Gasteiger partial charge in [-0.2, -0.15) is 0 Å². The van der Waals surface area contributed by atoms with Crippen LogP contribution < -0.4 is 10.6 Å². The molecule has 0 aromatic carbocycles. The number of morpholine rings is 1. The van der Waals surface area contributed by atoms with Crippen molar-refractivity contribution in [1.29, 1.82) is 0 Å². The lowest BCUT2D eigenvalue weighted by Crippen LogP contribution is -2.60. The standard InChI is InChI=1S/C22H33N7O/c1-23-21(26-16-19-5-6-20(25-15-19)28-10-9-24-18-28)27-17-22(7-3-2-4-8-22)29-11-13-30-14-12-29/h5-6,9-10,15,18H,2-4,7-8,11-14,16-17H2,1H3,(H2,23,26,27). The number of guanidine groups is 1. The molecule has 162 valence electrons. The maximum atomic E-state index is 5.59. The molecule has 0 spiro atoms. The van der Waals surface area contributed by atoms with E-state index in [0.29, 0.717) is 6.54 Å². The van der Waals surface area contributed by atoms with Gasteiger partial charge in [-0.25, -0.2) is 9.97 Å². The molecule has 0 amide bonds. The summed E-state index contributed by atoms with van der Waals surface area (Å²) in [6.07, 6.45) is 13.7. The summed E-state index contributed by atoms with van der Waals surface area (Å²) in [4.78, 5) is 15.7. The molecule has 2 aromatic heterocycles. The highest BCUT2D eigenvalue weighted by molar-refractivity contribution is 5.79. The van der Waals surface area contributed by atoms with Gasteiger partial charge in [-0.15, -0.1) is 0 Å². The minimum absolute atomic E-state index is 0.216. The van der Waals surface area contributed by atoms with Gasteiger partial charge in [-0.1, -0.05) is 25.3 Å². The lowest BCUT2D eigenvalue weighted by Gasteiger charge is -2.48. The van der Waals surface area contributed by atoms with Crippen molar-refractivity contribution in [1.82, 2.24) is 30.1 Å². The van der Waals surface area contributed by atoms with E-state index in [1.165, 1.54) is 32.1 Å². The molecule has 8 heteroatoms. The number of nitrogens with zero attached hydrogens (tertiary/aromatic N) is 5. The summed E-state index contributed by atoms with van der Waals surface area (Å²) in [5, 5.41) is 7.04. The Labute approximate surface area is 178 Å². The van der Waals surface area contributed by atoms with Crippen LogP contribution in [0.5, 0.6) is 0 Å². The summed E-state index contributed by atoms with van der Waals surface area (Å²) in [5.41, 5.74) is 1.33. The second kappa shape index (κ2) is 10.0. The van der Waals surface area contributed by atoms with E-state index in [9.17, 15) is 0 Å². The van der Waals surface area contributed by atoms with Crippen LogP contribution in [0.2, 0.25) is 0 Å². The van der Waals surface area contributed by atoms with E-state index in [1.807, 2.05) is 30.1 Å². The smallest absolute Gasteiger partial charge is 0.191 e. The van der Waals surface area contributed by atoms with Gasteiger partial charge in [-0.3, -0.25) is 14.5 Å². The summed E-state index contributed by atoms with van der Waals surface area (Å²) in [7, 11) is 1.83. The molecule has 2 fully saturated rings. The SMILES string of the molecule is CN=C(NCc1ccc(-n2ccnc2)nc1)NCC1(N2CCOCC2)CCCCC1. The van der Waals surface area contributed by atoms with E-state index in [0.717, 1.165) is 50.2 Å². The summed E-state index contributed by atoms with van der Waals surface area (Å²) >= 11 is 0. The first-order valence-electron chi connectivity index (χ1n) is 11.0. The molecule has 0 radical (unpaired) electrons. The highest BCUT2D eigenvalue weighted by Gasteiger charge is 2.38. The largest absolute Gasteiger partial charge is 0.379 e. The quantitative estimate of drug-likeness (QED) is 0.559. The molecule has 4 rings (SSSR count). The second-order valence-corrected chi connectivity index (χ2v) is 8.16. The van der Waals surface area contributed by atoms with Crippen LogP contribution in [-0.4, -0.2) is 70.8 Å². The molecule has 30 heavy (non-hydrogen) atoms. The minimum Gasteiger partial charge on any atom is -0.379 e. The molecule has 1 saturated heterocycles. The topological polar surface area (TPSA) is 79.6 Å². The number of aromatic nitrogens is 3. The van der Waals surface area contributed by atoms with Crippen molar-refractivity contribution >= 4 is 5.96 Å². The molecule has 2 aliphatic rings. The Hall–Kier alpha value is -2.45. The fraction of sp³-hybridized carbons (Fsp3) is 0.591. The van der Waals surface area contributed by atoms with Crippen molar-refractivity contribution in [2.24, 2.45) is 4.99 Å². The zero-order valence-electron chi connectivity index (χ0n) is 17.9. The van der Waals surface area contributed by atoms with E-state index < -0.39 is 0 Å². The molecule has 1 aliphatic carbocycles. The van der Waals surface area contributed by atoms with E-state index >= 15 is 0 Å². The molecule has 0 bridgehead atoms. The number of ether oxygens (including phenoxy) is 1. The molecule has 2 aromatic rings. The molecule has 1 aliphatic heterocycles. The first kappa shape index (κ1) is 20.8. The second-order valence-electron chi connectivity index (χ2n) is 8.16. The summed E-state index contributed by atoms with van der Waals surface area (Å²) in [6, 6.07) is 4.09. The summed E-state index contributed by atoms with van der Waals surface area (Å²) in [6.45, 7) is 5.35. The average molecular weight is 412 g/mol. The van der Waals surface area contributed by atoms with Gasteiger partial charge in [-0.05, 0) is 24.5 Å². The van der Waals surface area contributed by atoms with Crippen LogP contribution in [0.1, 0.15) is 37.7 Å². The Kier molecular flexibility index (Phi) is 6.96. The van der Waals surface area contributed by atoms with Gasteiger partial charge in [0.25, 0.3) is 0 Å². The Morgan fingerprint density at radius 2 is 2.00 bits per heavy atom. The van der Waals surface area contributed by atoms with Crippen LogP contribution in [0, 0.1) is 0 Å². The predicted molar refractivity (Wildman–Crippen MR) is 118 cm³/mol. The number of hydrogen-bond donors (Lipinski definition) is 2. The lowest BCUT2D eigenvalue weighted by atomic mass is 9.80. The predicted octanol–water partition coefficient (Wildman–Crippen LogP) is 1.97. The van der Waals surface area contributed by atoms with Crippen LogP contribution in [0.4, 0.5) is 0 Å². The third-order valence-electron chi connectivity index (χ3n) is 6.31. The van der Waals surface area contributed by atoms with Gasteiger partial charge in [0.2, 0.25) is 0 Å².